The van der Waals surface area contributed by atoms with Crippen molar-refractivity contribution >= 4 is 17.4 Å². The Morgan fingerprint density at radius 2 is 2.30 bits per heavy atom. The van der Waals surface area contributed by atoms with Crippen LogP contribution in [-0.2, 0) is 10.3 Å². The Morgan fingerprint density at radius 1 is 1.52 bits per heavy atom. The zero-order valence-electron chi connectivity index (χ0n) is 13.6. The topological polar surface area (TPSA) is 70.6 Å². The van der Waals surface area contributed by atoms with E-state index in [0.717, 1.165) is 37.9 Å². The maximum absolute atomic E-state index is 12.2. The molecule has 2 fully saturated rings. The summed E-state index contributed by atoms with van der Waals surface area (Å²) < 4.78 is 5.99. The summed E-state index contributed by atoms with van der Waals surface area (Å²) in [5.41, 5.74) is -0.211. The van der Waals surface area contributed by atoms with Crippen molar-refractivity contribution in [3.8, 4) is 0 Å². The molecule has 1 aromatic rings. The molecule has 0 bridgehead atoms. The minimum Gasteiger partial charge on any atom is -0.384 e. The Labute approximate surface area is 141 Å². The Morgan fingerprint density at radius 3 is 3.00 bits per heavy atom. The number of ether oxygens (including phenoxy) is 1. The van der Waals surface area contributed by atoms with Crippen LogP contribution in [0.5, 0.6) is 0 Å². The number of urea groups is 1. The maximum atomic E-state index is 12.2. The average Bonchev–Trinajstić information content (AvgIpc) is 3.18. The normalized spacial score (nSPS) is 25.9. The number of thiophene rings is 1. The third-order valence-corrected chi connectivity index (χ3v) is 5.76. The summed E-state index contributed by atoms with van der Waals surface area (Å²) in [6.07, 6.45) is 6.43. The summed E-state index contributed by atoms with van der Waals surface area (Å²) in [5, 5.41) is 20.1. The van der Waals surface area contributed by atoms with Gasteiger partial charge in [-0.15, -0.1) is 0 Å². The lowest BCUT2D eigenvalue weighted by atomic mass is 9.89. The molecule has 1 aliphatic carbocycles. The number of aliphatic hydroxyl groups is 1. The summed E-state index contributed by atoms with van der Waals surface area (Å²) in [4.78, 5) is 12.2. The molecule has 2 atom stereocenters. The standard InChI is InChI=1S/C17H26N2O3S/c1-16(21,13-5-9-23-11-13)12-18-15(20)19-14-4-8-22-17(10-14)6-2-3-7-17/h5,9,11,14,21H,2-4,6-8,10,12H2,1H3,(H2,18,19,20). The van der Waals surface area contributed by atoms with Gasteiger partial charge >= 0.3 is 6.03 Å². The highest BCUT2D eigenvalue weighted by molar-refractivity contribution is 7.08. The molecule has 2 unspecified atom stereocenters. The number of hydrogen-bond donors (Lipinski definition) is 3. The summed E-state index contributed by atoms with van der Waals surface area (Å²) in [5.74, 6) is 0. The SMILES string of the molecule is CC(O)(CNC(=O)NC1CCOC2(CCCC2)C1)c1ccsc1. The lowest BCUT2D eigenvalue weighted by molar-refractivity contribution is -0.0820. The predicted octanol–water partition coefficient (Wildman–Crippen LogP) is 2.75. The van der Waals surface area contributed by atoms with E-state index < -0.39 is 5.60 Å². The van der Waals surface area contributed by atoms with Crippen molar-refractivity contribution in [2.75, 3.05) is 13.2 Å². The van der Waals surface area contributed by atoms with E-state index in [-0.39, 0.29) is 24.2 Å². The van der Waals surface area contributed by atoms with Crippen LogP contribution >= 0.6 is 11.3 Å². The molecular weight excluding hydrogens is 312 g/mol. The minimum atomic E-state index is -1.04. The quantitative estimate of drug-likeness (QED) is 0.790. The highest BCUT2D eigenvalue weighted by Gasteiger charge is 2.40. The molecule has 23 heavy (non-hydrogen) atoms. The van der Waals surface area contributed by atoms with Crippen LogP contribution in [0.2, 0.25) is 0 Å². The van der Waals surface area contributed by atoms with Gasteiger partial charge < -0.3 is 20.5 Å². The van der Waals surface area contributed by atoms with Gasteiger partial charge in [0.05, 0.1) is 12.1 Å². The van der Waals surface area contributed by atoms with Crippen LogP contribution in [0, 0.1) is 0 Å². The molecule has 2 heterocycles. The number of amides is 2. The zero-order chi connectivity index (χ0) is 16.3. The molecule has 3 rings (SSSR count). The molecule has 1 aromatic heterocycles. The van der Waals surface area contributed by atoms with E-state index in [1.165, 1.54) is 24.2 Å². The van der Waals surface area contributed by atoms with Crippen LogP contribution in [-0.4, -0.2) is 35.9 Å². The van der Waals surface area contributed by atoms with Gasteiger partial charge in [-0.2, -0.15) is 11.3 Å². The monoisotopic (exact) mass is 338 g/mol. The van der Waals surface area contributed by atoms with Gasteiger partial charge in [0.2, 0.25) is 0 Å². The second-order valence-electron chi connectivity index (χ2n) is 7.04. The van der Waals surface area contributed by atoms with Crippen LogP contribution in [0.3, 0.4) is 0 Å². The van der Waals surface area contributed by atoms with E-state index in [4.69, 9.17) is 4.74 Å². The van der Waals surface area contributed by atoms with Gasteiger partial charge in [-0.25, -0.2) is 4.79 Å². The van der Waals surface area contributed by atoms with E-state index in [2.05, 4.69) is 10.6 Å². The molecule has 0 aromatic carbocycles. The lowest BCUT2D eigenvalue weighted by Gasteiger charge is -2.38. The van der Waals surface area contributed by atoms with Crippen molar-refractivity contribution in [2.24, 2.45) is 0 Å². The molecule has 1 saturated carbocycles. The molecule has 3 N–H and O–H groups in total. The first-order chi connectivity index (χ1) is 11.0. The van der Waals surface area contributed by atoms with Gasteiger partial charge in [0.25, 0.3) is 0 Å². The summed E-state index contributed by atoms with van der Waals surface area (Å²) >= 11 is 1.54. The van der Waals surface area contributed by atoms with Crippen LogP contribution in [0.15, 0.2) is 16.8 Å². The van der Waals surface area contributed by atoms with Gasteiger partial charge in [0.1, 0.15) is 5.60 Å². The number of carbonyl (C=O) groups excluding carboxylic acids is 1. The van der Waals surface area contributed by atoms with Crippen LogP contribution in [0.25, 0.3) is 0 Å². The van der Waals surface area contributed by atoms with Crippen LogP contribution in [0.4, 0.5) is 4.79 Å². The van der Waals surface area contributed by atoms with Gasteiger partial charge in [0, 0.05) is 12.6 Å². The average molecular weight is 338 g/mol. The van der Waals surface area contributed by atoms with Crippen LogP contribution in [0.1, 0.15) is 51.0 Å². The Hall–Kier alpha value is -1.11. The third-order valence-electron chi connectivity index (χ3n) is 5.08. The lowest BCUT2D eigenvalue weighted by Crippen LogP contribution is -2.51. The first kappa shape index (κ1) is 16.7. The van der Waals surface area contributed by atoms with Crippen molar-refractivity contribution in [3.05, 3.63) is 22.4 Å². The highest BCUT2D eigenvalue weighted by atomic mass is 32.1. The molecule has 0 radical (unpaired) electrons. The summed E-state index contributed by atoms with van der Waals surface area (Å²) in [6, 6.07) is 1.83. The van der Waals surface area contributed by atoms with Crippen molar-refractivity contribution in [1.29, 1.82) is 0 Å². The Bertz CT molecular complexity index is 524. The predicted molar refractivity (Wildman–Crippen MR) is 90.6 cm³/mol. The Balaban J connectivity index is 1.47. The van der Waals surface area contributed by atoms with Gasteiger partial charge in [-0.05, 0) is 55.0 Å². The highest BCUT2D eigenvalue weighted by Crippen LogP contribution is 2.39. The largest absolute Gasteiger partial charge is 0.384 e. The first-order valence-corrected chi connectivity index (χ1v) is 9.37. The number of hydrogen-bond acceptors (Lipinski definition) is 4. The molecule has 2 amide bonds. The van der Waals surface area contributed by atoms with Crippen molar-refractivity contribution in [1.82, 2.24) is 10.6 Å². The fourth-order valence-electron chi connectivity index (χ4n) is 3.68. The molecule has 5 nitrogen and oxygen atoms in total. The molecule has 2 aliphatic rings. The number of nitrogens with one attached hydrogen (secondary N) is 2. The van der Waals surface area contributed by atoms with Gasteiger partial charge in [0.15, 0.2) is 0 Å². The van der Waals surface area contributed by atoms with E-state index in [9.17, 15) is 9.90 Å². The smallest absolute Gasteiger partial charge is 0.315 e. The third kappa shape index (κ3) is 4.05. The maximum Gasteiger partial charge on any atom is 0.315 e. The zero-order valence-corrected chi connectivity index (χ0v) is 14.5. The first-order valence-electron chi connectivity index (χ1n) is 8.43. The Kier molecular flexibility index (Phi) is 4.94. The van der Waals surface area contributed by atoms with Crippen molar-refractivity contribution < 1.29 is 14.6 Å². The molecule has 1 saturated heterocycles. The second-order valence-corrected chi connectivity index (χ2v) is 7.82. The van der Waals surface area contributed by atoms with E-state index in [1.54, 1.807) is 6.92 Å². The van der Waals surface area contributed by atoms with E-state index >= 15 is 0 Å². The fraction of sp³-hybridized carbons (Fsp3) is 0.706. The summed E-state index contributed by atoms with van der Waals surface area (Å²) in [6.45, 7) is 2.64. The number of carbonyl (C=O) groups is 1. The minimum absolute atomic E-state index is 0.00162. The molecule has 6 heteroatoms. The van der Waals surface area contributed by atoms with Gasteiger partial charge in [-0.3, -0.25) is 0 Å². The molecule has 1 aliphatic heterocycles. The molecular formula is C17H26N2O3S. The fourth-order valence-corrected chi connectivity index (χ4v) is 4.46. The molecule has 1 spiro atoms. The molecule has 128 valence electrons. The summed E-state index contributed by atoms with van der Waals surface area (Å²) in [7, 11) is 0. The van der Waals surface area contributed by atoms with Crippen LogP contribution < -0.4 is 10.6 Å². The second kappa shape index (κ2) is 6.79. The van der Waals surface area contributed by atoms with E-state index in [1.807, 2.05) is 16.8 Å². The van der Waals surface area contributed by atoms with Gasteiger partial charge in [-0.1, -0.05) is 12.8 Å². The van der Waals surface area contributed by atoms with E-state index in [0.29, 0.717) is 0 Å². The van der Waals surface area contributed by atoms with Crippen molar-refractivity contribution in [3.63, 3.8) is 0 Å². The number of rotatable bonds is 4. The van der Waals surface area contributed by atoms with Crippen molar-refractivity contribution in [2.45, 2.75) is 62.7 Å².